The van der Waals surface area contributed by atoms with Crippen LogP contribution in [0.2, 0.25) is 0 Å². The maximum Gasteiger partial charge on any atom is 0.225 e. The molecule has 21 heavy (non-hydrogen) atoms. The third-order valence-corrected chi connectivity index (χ3v) is 4.22. The molecular weight excluding hydrogens is 280 g/mol. The first kappa shape index (κ1) is 15.6. The summed E-state index contributed by atoms with van der Waals surface area (Å²) in [4.78, 5) is 15.2. The van der Waals surface area contributed by atoms with Crippen LogP contribution in [0.5, 0.6) is 0 Å². The molecule has 1 heterocycles. The second-order valence-electron chi connectivity index (χ2n) is 4.87. The number of carbonyl (C=O) groups is 1. The lowest BCUT2D eigenvalue weighted by atomic mass is 10.2. The molecule has 0 radical (unpaired) electrons. The Morgan fingerprint density at radius 1 is 1.19 bits per heavy atom. The topological polar surface area (TPSA) is 32.3 Å². The average Bonchev–Trinajstić information content (AvgIpc) is 3.01. The van der Waals surface area contributed by atoms with Crippen LogP contribution in [0.25, 0.3) is 0 Å². The van der Waals surface area contributed by atoms with Gasteiger partial charge in [0, 0.05) is 30.2 Å². The molecular formula is C17H22N2OS. The van der Waals surface area contributed by atoms with Crippen LogP contribution in [0.15, 0.2) is 47.8 Å². The van der Waals surface area contributed by atoms with E-state index in [2.05, 4.69) is 41.4 Å². The van der Waals surface area contributed by atoms with Crippen molar-refractivity contribution in [3.63, 3.8) is 0 Å². The summed E-state index contributed by atoms with van der Waals surface area (Å²) in [5.41, 5.74) is 1.24. The van der Waals surface area contributed by atoms with Gasteiger partial charge in [0.1, 0.15) is 0 Å². The summed E-state index contributed by atoms with van der Waals surface area (Å²) in [5.74, 6) is 0.111. The highest BCUT2D eigenvalue weighted by molar-refractivity contribution is 7.10. The SMILES string of the molecule is CCN(CCCNC(=O)Cc1cccs1)c1ccccc1. The Bertz CT molecular complexity index is 525. The second-order valence-corrected chi connectivity index (χ2v) is 5.91. The molecule has 0 aliphatic heterocycles. The van der Waals surface area contributed by atoms with E-state index in [4.69, 9.17) is 0 Å². The van der Waals surface area contributed by atoms with Crippen molar-refractivity contribution in [1.29, 1.82) is 0 Å². The van der Waals surface area contributed by atoms with Crippen LogP contribution in [0.4, 0.5) is 5.69 Å². The van der Waals surface area contributed by atoms with Crippen LogP contribution in [-0.2, 0) is 11.2 Å². The molecule has 0 atom stereocenters. The van der Waals surface area contributed by atoms with Gasteiger partial charge in [-0.05, 0) is 36.9 Å². The maximum atomic E-state index is 11.8. The number of amides is 1. The standard InChI is InChI=1S/C17H22N2OS/c1-2-19(15-8-4-3-5-9-15)12-7-11-18-17(20)14-16-10-6-13-21-16/h3-6,8-10,13H,2,7,11-12,14H2,1H3,(H,18,20). The van der Waals surface area contributed by atoms with E-state index in [1.165, 1.54) is 5.69 Å². The Labute approximate surface area is 130 Å². The van der Waals surface area contributed by atoms with Crippen molar-refractivity contribution in [2.75, 3.05) is 24.5 Å². The quantitative estimate of drug-likeness (QED) is 0.759. The fraction of sp³-hybridized carbons (Fsp3) is 0.353. The van der Waals surface area contributed by atoms with Crippen molar-refractivity contribution in [2.45, 2.75) is 19.8 Å². The molecule has 0 aliphatic carbocycles. The molecule has 0 unspecified atom stereocenters. The fourth-order valence-corrected chi connectivity index (χ4v) is 2.94. The minimum absolute atomic E-state index is 0.111. The van der Waals surface area contributed by atoms with Crippen molar-refractivity contribution in [2.24, 2.45) is 0 Å². The minimum atomic E-state index is 0.111. The maximum absolute atomic E-state index is 11.8. The number of para-hydroxylation sites is 1. The van der Waals surface area contributed by atoms with E-state index in [-0.39, 0.29) is 5.91 Å². The molecule has 3 nitrogen and oxygen atoms in total. The molecule has 1 amide bonds. The van der Waals surface area contributed by atoms with E-state index >= 15 is 0 Å². The number of anilines is 1. The molecule has 1 aromatic heterocycles. The van der Waals surface area contributed by atoms with Gasteiger partial charge in [-0.3, -0.25) is 4.79 Å². The van der Waals surface area contributed by atoms with Crippen LogP contribution < -0.4 is 10.2 Å². The van der Waals surface area contributed by atoms with Crippen LogP contribution in [0, 0.1) is 0 Å². The Kier molecular flexibility index (Phi) is 6.28. The Balaban J connectivity index is 1.67. The number of nitrogens with zero attached hydrogens (tertiary/aromatic N) is 1. The number of hydrogen-bond donors (Lipinski definition) is 1. The lowest BCUT2D eigenvalue weighted by Gasteiger charge is -2.23. The largest absolute Gasteiger partial charge is 0.372 e. The van der Waals surface area contributed by atoms with Crippen LogP contribution in [-0.4, -0.2) is 25.5 Å². The molecule has 0 saturated heterocycles. The van der Waals surface area contributed by atoms with E-state index < -0.39 is 0 Å². The molecule has 2 rings (SSSR count). The van der Waals surface area contributed by atoms with Crippen molar-refractivity contribution >= 4 is 22.9 Å². The van der Waals surface area contributed by atoms with Gasteiger partial charge in [-0.1, -0.05) is 24.3 Å². The van der Waals surface area contributed by atoms with E-state index in [1.54, 1.807) is 11.3 Å². The fourth-order valence-electron chi connectivity index (χ4n) is 2.24. The van der Waals surface area contributed by atoms with E-state index in [9.17, 15) is 4.79 Å². The average molecular weight is 302 g/mol. The smallest absolute Gasteiger partial charge is 0.225 e. The highest BCUT2D eigenvalue weighted by Gasteiger charge is 2.05. The first-order chi connectivity index (χ1) is 10.3. The molecule has 1 aromatic carbocycles. The zero-order valence-corrected chi connectivity index (χ0v) is 13.2. The third-order valence-electron chi connectivity index (χ3n) is 3.34. The van der Waals surface area contributed by atoms with Gasteiger partial charge in [-0.15, -0.1) is 11.3 Å². The summed E-state index contributed by atoms with van der Waals surface area (Å²) in [6.07, 6.45) is 1.45. The number of rotatable bonds is 8. The number of thiophene rings is 1. The third kappa shape index (κ3) is 5.23. The lowest BCUT2D eigenvalue weighted by molar-refractivity contribution is -0.120. The summed E-state index contributed by atoms with van der Waals surface area (Å²) in [6.45, 7) is 4.82. The molecule has 0 bridgehead atoms. The van der Waals surface area contributed by atoms with Crippen molar-refractivity contribution in [3.05, 3.63) is 52.7 Å². The summed E-state index contributed by atoms with van der Waals surface area (Å²) in [7, 11) is 0. The molecule has 0 spiro atoms. The second kappa shape index (κ2) is 8.47. The number of hydrogen-bond acceptors (Lipinski definition) is 3. The molecule has 0 fully saturated rings. The molecule has 0 aliphatic rings. The minimum Gasteiger partial charge on any atom is -0.372 e. The van der Waals surface area contributed by atoms with Gasteiger partial charge >= 0.3 is 0 Å². The van der Waals surface area contributed by atoms with Crippen LogP contribution >= 0.6 is 11.3 Å². The summed E-state index contributed by atoms with van der Waals surface area (Å²) in [6, 6.07) is 14.4. The first-order valence-electron chi connectivity index (χ1n) is 7.38. The highest BCUT2D eigenvalue weighted by atomic mass is 32.1. The van der Waals surface area contributed by atoms with Gasteiger partial charge in [0.05, 0.1) is 6.42 Å². The van der Waals surface area contributed by atoms with Crippen molar-refractivity contribution < 1.29 is 4.79 Å². The summed E-state index contributed by atoms with van der Waals surface area (Å²) in [5, 5.41) is 4.99. The van der Waals surface area contributed by atoms with Gasteiger partial charge in [0.15, 0.2) is 0 Å². The Hall–Kier alpha value is -1.81. The van der Waals surface area contributed by atoms with Crippen LogP contribution in [0.3, 0.4) is 0 Å². The lowest BCUT2D eigenvalue weighted by Crippen LogP contribution is -2.30. The van der Waals surface area contributed by atoms with Crippen LogP contribution in [0.1, 0.15) is 18.2 Å². The van der Waals surface area contributed by atoms with Gasteiger partial charge in [-0.25, -0.2) is 0 Å². The molecule has 1 N–H and O–H groups in total. The van der Waals surface area contributed by atoms with Gasteiger partial charge in [0.25, 0.3) is 0 Å². The van der Waals surface area contributed by atoms with E-state index in [1.807, 2.05) is 23.6 Å². The predicted octanol–water partition coefficient (Wildman–Crippen LogP) is 3.32. The normalized spacial score (nSPS) is 10.3. The van der Waals surface area contributed by atoms with E-state index in [0.29, 0.717) is 6.42 Å². The van der Waals surface area contributed by atoms with E-state index in [0.717, 1.165) is 30.9 Å². The van der Waals surface area contributed by atoms with Gasteiger partial charge in [-0.2, -0.15) is 0 Å². The first-order valence-corrected chi connectivity index (χ1v) is 8.26. The highest BCUT2D eigenvalue weighted by Crippen LogP contribution is 2.12. The number of benzene rings is 1. The summed E-state index contributed by atoms with van der Waals surface area (Å²) < 4.78 is 0. The van der Waals surface area contributed by atoms with Gasteiger partial charge < -0.3 is 10.2 Å². The van der Waals surface area contributed by atoms with Crippen molar-refractivity contribution in [3.8, 4) is 0 Å². The molecule has 4 heteroatoms. The molecule has 0 saturated carbocycles. The summed E-state index contributed by atoms with van der Waals surface area (Å²) >= 11 is 1.63. The predicted molar refractivity (Wildman–Crippen MR) is 90.0 cm³/mol. The molecule has 2 aromatic rings. The van der Waals surface area contributed by atoms with Gasteiger partial charge in [0.2, 0.25) is 5.91 Å². The Morgan fingerprint density at radius 3 is 2.67 bits per heavy atom. The molecule has 112 valence electrons. The zero-order valence-electron chi connectivity index (χ0n) is 12.4. The number of nitrogens with one attached hydrogen (secondary N) is 1. The van der Waals surface area contributed by atoms with Crippen molar-refractivity contribution in [1.82, 2.24) is 5.32 Å². The zero-order chi connectivity index (χ0) is 14.9. The number of carbonyl (C=O) groups excluding carboxylic acids is 1. The monoisotopic (exact) mass is 302 g/mol. The Morgan fingerprint density at radius 2 is 2.00 bits per heavy atom.